The first-order valence-corrected chi connectivity index (χ1v) is 9.74. The van der Waals surface area contributed by atoms with Gasteiger partial charge >= 0.3 is 17.9 Å². The van der Waals surface area contributed by atoms with Crippen LogP contribution < -0.4 is 0 Å². The van der Waals surface area contributed by atoms with E-state index in [1.54, 1.807) is 6.92 Å². The van der Waals surface area contributed by atoms with Gasteiger partial charge in [0.1, 0.15) is 6.10 Å². The first-order chi connectivity index (χ1) is 13.0. The van der Waals surface area contributed by atoms with E-state index in [0.29, 0.717) is 17.6 Å². The van der Waals surface area contributed by atoms with Crippen LogP contribution in [0.2, 0.25) is 0 Å². The van der Waals surface area contributed by atoms with Crippen molar-refractivity contribution in [1.82, 2.24) is 0 Å². The zero-order valence-corrected chi connectivity index (χ0v) is 16.1. The number of fused-ring (bicyclic) bond motifs is 1. The standard InChI is InChI=1S/C20H22O8/c1-7-11-9(25-13(7)22)6-18-8-5-10(17(2,3)4)19(18)12(21)15(24)26-16(19)28-20(11,18)27-14(8)23/h8-10,12,16,21H,5-6H2,1-4H3/t8-,9-,10-,12-,16-,18-,19-,20+/m0/s1. The largest absolute Gasteiger partial charge is 0.454 e. The molecule has 0 aromatic carbocycles. The summed E-state index contributed by atoms with van der Waals surface area (Å²) in [5.74, 6) is -3.91. The number of hydrogen-bond acceptors (Lipinski definition) is 8. The molecule has 0 radical (unpaired) electrons. The number of hydrogen-bond donors (Lipinski definition) is 1. The summed E-state index contributed by atoms with van der Waals surface area (Å²) in [6.07, 6.45) is -2.31. The molecule has 8 atom stereocenters. The van der Waals surface area contributed by atoms with Crippen molar-refractivity contribution in [1.29, 1.82) is 0 Å². The Balaban J connectivity index is 1.69. The fraction of sp³-hybridized carbons (Fsp3) is 0.750. The van der Waals surface area contributed by atoms with Crippen molar-refractivity contribution in [3.05, 3.63) is 11.1 Å². The summed E-state index contributed by atoms with van der Waals surface area (Å²) >= 11 is 0. The Morgan fingerprint density at radius 3 is 2.50 bits per heavy atom. The highest BCUT2D eigenvalue weighted by molar-refractivity contribution is 5.94. The van der Waals surface area contributed by atoms with Gasteiger partial charge in [-0.15, -0.1) is 0 Å². The molecule has 6 rings (SSSR count). The van der Waals surface area contributed by atoms with Gasteiger partial charge in [-0.2, -0.15) is 0 Å². The summed E-state index contributed by atoms with van der Waals surface area (Å²) in [5.41, 5.74) is -1.59. The lowest BCUT2D eigenvalue weighted by molar-refractivity contribution is -0.239. The molecule has 2 spiro atoms. The molecule has 3 saturated heterocycles. The van der Waals surface area contributed by atoms with Crippen LogP contribution in [-0.2, 0) is 33.3 Å². The van der Waals surface area contributed by atoms with Crippen LogP contribution in [0.4, 0.5) is 0 Å². The first kappa shape index (κ1) is 17.0. The Morgan fingerprint density at radius 1 is 1.11 bits per heavy atom. The van der Waals surface area contributed by atoms with Crippen LogP contribution in [0.15, 0.2) is 11.1 Å². The topological polar surface area (TPSA) is 108 Å². The molecule has 150 valence electrons. The molecular weight excluding hydrogens is 368 g/mol. The minimum Gasteiger partial charge on any atom is -0.454 e. The second-order valence-corrected chi connectivity index (χ2v) is 10.1. The summed E-state index contributed by atoms with van der Waals surface area (Å²) in [6, 6.07) is 0. The lowest BCUT2D eigenvalue weighted by Gasteiger charge is -2.46. The highest BCUT2D eigenvalue weighted by Crippen LogP contribution is 2.84. The normalized spacial score (nSPS) is 53.0. The highest BCUT2D eigenvalue weighted by Gasteiger charge is 2.96. The maximum atomic E-state index is 13.0. The van der Waals surface area contributed by atoms with E-state index in [1.165, 1.54) is 0 Å². The van der Waals surface area contributed by atoms with Crippen LogP contribution in [0.25, 0.3) is 0 Å². The van der Waals surface area contributed by atoms with Crippen molar-refractivity contribution < 1.29 is 38.4 Å². The molecule has 0 unspecified atom stereocenters. The molecule has 0 amide bonds. The van der Waals surface area contributed by atoms with E-state index in [9.17, 15) is 19.5 Å². The Kier molecular flexibility index (Phi) is 2.61. The van der Waals surface area contributed by atoms with Gasteiger partial charge in [0.05, 0.1) is 22.3 Å². The third-order valence-corrected chi connectivity index (χ3v) is 8.28. The number of rotatable bonds is 0. The van der Waals surface area contributed by atoms with Crippen molar-refractivity contribution in [2.45, 2.75) is 64.8 Å². The SMILES string of the molecule is CC1=C2[C@H](C[C@]34[C@H]5C[C@@H](C(C)(C)C)[C@]36[C@@H](OC(=O)[C@@H]6O)O[C@]24OC5=O)OC1=O. The van der Waals surface area contributed by atoms with Crippen molar-refractivity contribution in [2.75, 3.05) is 0 Å². The second-order valence-electron chi connectivity index (χ2n) is 10.1. The quantitative estimate of drug-likeness (QED) is 0.478. The molecule has 2 saturated carbocycles. The maximum absolute atomic E-state index is 13.0. The summed E-state index contributed by atoms with van der Waals surface area (Å²) in [6.45, 7) is 7.72. The predicted octanol–water partition coefficient (Wildman–Crippen LogP) is 0.814. The van der Waals surface area contributed by atoms with E-state index in [1.807, 2.05) is 20.8 Å². The highest BCUT2D eigenvalue weighted by atomic mass is 16.8. The first-order valence-electron chi connectivity index (χ1n) is 9.74. The lowest BCUT2D eigenvalue weighted by atomic mass is 9.53. The molecule has 28 heavy (non-hydrogen) atoms. The van der Waals surface area contributed by atoms with Gasteiger partial charge in [-0.25, -0.2) is 9.59 Å². The van der Waals surface area contributed by atoms with Gasteiger partial charge in [-0.1, -0.05) is 20.8 Å². The molecule has 2 aliphatic carbocycles. The van der Waals surface area contributed by atoms with Gasteiger partial charge in [-0.3, -0.25) is 9.53 Å². The zero-order chi connectivity index (χ0) is 20.0. The van der Waals surface area contributed by atoms with Gasteiger partial charge in [0.2, 0.25) is 6.29 Å². The monoisotopic (exact) mass is 390 g/mol. The number of esters is 3. The summed E-state index contributed by atoms with van der Waals surface area (Å²) < 4.78 is 23.2. The number of aliphatic hydroxyl groups excluding tert-OH is 1. The fourth-order valence-corrected chi connectivity index (χ4v) is 7.57. The second kappa shape index (κ2) is 4.31. The minimum atomic E-state index is -1.53. The minimum absolute atomic E-state index is 0.221. The van der Waals surface area contributed by atoms with Crippen molar-refractivity contribution in [3.8, 4) is 0 Å². The molecule has 5 fully saturated rings. The van der Waals surface area contributed by atoms with Crippen LogP contribution in [-0.4, -0.2) is 47.3 Å². The van der Waals surface area contributed by atoms with Gasteiger partial charge in [-0.05, 0) is 24.7 Å². The summed E-state index contributed by atoms with van der Waals surface area (Å²) in [5, 5.41) is 11.2. The third kappa shape index (κ3) is 1.31. The molecule has 6 aliphatic rings. The Hall–Kier alpha value is -1.93. The number of ether oxygens (including phenoxy) is 4. The van der Waals surface area contributed by atoms with Crippen molar-refractivity contribution in [2.24, 2.45) is 28.1 Å². The van der Waals surface area contributed by atoms with Crippen LogP contribution in [0.3, 0.4) is 0 Å². The molecular formula is C20H22O8. The fourth-order valence-electron chi connectivity index (χ4n) is 7.57. The van der Waals surface area contributed by atoms with Gasteiger partial charge < -0.3 is 19.3 Å². The molecule has 0 aromatic rings. The maximum Gasteiger partial charge on any atom is 0.338 e. The molecule has 8 heteroatoms. The third-order valence-electron chi connectivity index (χ3n) is 8.28. The average Bonchev–Trinajstić information content (AvgIpc) is 3.29. The van der Waals surface area contributed by atoms with E-state index >= 15 is 0 Å². The van der Waals surface area contributed by atoms with Gasteiger partial charge in [0.15, 0.2) is 6.10 Å². The predicted molar refractivity (Wildman–Crippen MR) is 88.9 cm³/mol. The van der Waals surface area contributed by atoms with E-state index in [4.69, 9.17) is 18.9 Å². The lowest BCUT2D eigenvalue weighted by Crippen LogP contribution is -2.56. The smallest absolute Gasteiger partial charge is 0.338 e. The number of aliphatic hydroxyl groups is 1. The number of carbonyl (C=O) groups excluding carboxylic acids is 3. The van der Waals surface area contributed by atoms with E-state index in [0.717, 1.165) is 0 Å². The van der Waals surface area contributed by atoms with E-state index in [-0.39, 0.29) is 17.8 Å². The van der Waals surface area contributed by atoms with Gasteiger partial charge in [0, 0.05) is 12.0 Å². The van der Waals surface area contributed by atoms with Crippen LogP contribution in [0.1, 0.15) is 40.5 Å². The van der Waals surface area contributed by atoms with Crippen LogP contribution >= 0.6 is 0 Å². The summed E-state index contributed by atoms with van der Waals surface area (Å²) in [7, 11) is 0. The van der Waals surface area contributed by atoms with Crippen LogP contribution in [0.5, 0.6) is 0 Å². The van der Waals surface area contributed by atoms with E-state index in [2.05, 4.69) is 0 Å². The molecule has 4 heterocycles. The Labute approximate surface area is 161 Å². The van der Waals surface area contributed by atoms with Crippen LogP contribution in [0, 0.1) is 28.1 Å². The van der Waals surface area contributed by atoms with Crippen molar-refractivity contribution in [3.63, 3.8) is 0 Å². The Bertz CT molecular complexity index is 914. The molecule has 4 aliphatic heterocycles. The molecule has 8 nitrogen and oxygen atoms in total. The van der Waals surface area contributed by atoms with E-state index < -0.39 is 58.9 Å². The van der Waals surface area contributed by atoms with Gasteiger partial charge in [0.25, 0.3) is 5.79 Å². The van der Waals surface area contributed by atoms with Crippen molar-refractivity contribution >= 4 is 17.9 Å². The average molecular weight is 390 g/mol. The summed E-state index contributed by atoms with van der Waals surface area (Å²) in [4.78, 5) is 37.7. The Morgan fingerprint density at radius 2 is 1.82 bits per heavy atom. The number of carbonyl (C=O) groups is 3. The molecule has 0 bridgehead atoms. The zero-order valence-electron chi connectivity index (χ0n) is 16.1. The molecule has 0 aromatic heterocycles. The molecule has 1 N–H and O–H groups in total.